The zero-order valence-electron chi connectivity index (χ0n) is 9.03. The van der Waals surface area contributed by atoms with Crippen molar-refractivity contribution >= 4 is 15.9 Å². The highest BCUT2D eigenvalue weighted by atomic mass is 79.9. The van der Waals surface area contributed by atoms with E-state index in [1.807, 2.05) is 20.8 Å². The molecular formula is C10H19BrO3. The van der Waals surface area contributed by atoms with E-state index in [1.165, 1.54) is 6.26 Å². The molecule has 0 fully saturated rings. The Morgan fingerprint density at radius 1 is 1.36 bits per heavy atom. The van der Waals surface area contributed by atoms with Crippen LogP contribution in [0.3, 0.4) is 0 Å². The Labute approximate surface area is 94.5 Å². The molecule has 0 radical (unpaired) electrons. The first-order valence-corrected chi connectivity index (χ1v) is 5.81. The highest BCUT2D eigenvalue weighted by Crippen LogP contribution is 2.04. The molecule has 0 amide bonds. The van der Waals surface area contributed by atoms with E-state index in [4.69, 9.17) is 14.2 Å². The van der Waals surface area contributed by atoms with Crippen LogP contribution >= 0.6 is 15.9 Å². The zero-order valence-corrected chi connectivity index (χ0v) is 10.6. The lowest BCUT2D eigenvalue weighted by atomic mass is 10.4. The maximum Gasteiger partial charge on any atom is 0.222 e. The first kappa shape index (κ1) is 13.9. The van der Waals surface area contributed by atoms with Gasteiger partial charge in [-0.1, -0.05) is 22.5 Å². The number of hydrogen-bond donors (Lipinski definition) is 0. The van der Waals surface area contributed by atoms with Crippen LogP contribution in [0.2, 0.25) is 0 Å². The molecule has 0 aliphatic rings. The van der Waals surface area contributed by atoms with Crippen molar-refractivity contribution in [3.63, 3.8) is 0 Å². The maximum absolute atomic E-state index is 5.46. The van der Waals surface area contributed by atoms with Crippen LogP contribution in [-0.2, 0) is 14.2 Å². The van der Waals surface area contributed by atoms with Crippen molar-refractivity contribution in [2.24, 2.45) is 0 Å². The van der Waals surface area contributed by atoms with Gasteiger partial charge < -0.3 is 14.2 Å². The van der Waals surface area contributed by atoms with Crippen LogP contribution in [0.1, 0.15) is 20.8 Å². The topological polar surface area (TPSA) is 27.7 Å². The Morgan fingerprint density at radius 2 is 2.00 bits per heavy atom. The van der Waals surface area contributed by atoms with Crippen molar-refractivity contribution in [2.75, 3.05) is 11.9 Å². The molecule has 2 unspecified atom stereocenters. The highest BCUT2D eigenvalue weighted by molar-refractivity contribution is 9.09. The molecule has 0 aliphatic carbocycles. The van der Waals surface area contributed by atoms with E-state index in [0.717, 1.165) is 5.33 Å². The van der Waals surface area contributed by atoms with E-state index in [0.29, 0.717) is 6.61 Å². The molecule has 0 saturated carbocycles. The maximum atomic E-state index is 5.46. The first-order chi connectivity index (χ1) is 6.60. The monoisotopic (exact) mass is 266 g/mol. The van der Waals surface area contributed by atoms with Gasteiger partial charge in [0, 0.05) is 5.33 Å². The van der Waals surface area contributed by atoms with Crippen molar-refractivity contribution in [1.82, 2.24) is 0 Å². The molecule has 0 rings (SSSR count). The minimum Gasteiger partial charge on any atom is -0.471 e. The van der Waals surface area contributed by atoms with Crippen LogP contribution in [0.5, 0.6) is 0 Å². The van der Waals surface area contributed by atoms with E-state index < -0.39 is 0 Å². The van der Waals surface area contributed by atoms with Gasteiger partial charge in [0.1, 0.15) is 6.61 Å². The smallest absolute Gasteiger partial charge is 0.222 e. The molecule has 3 nitrogen and oxygen atoms in total. The minimum absolute atomic E-state index is 0.114. The van der Waals surface area contributed by atoms with Gasteiger partial charge in [0.2, 0.25) is 6.29 Å². The summed E-state index contributed by atoms with van der Waals surface area (Å²) < 4.78 is 16.1. The molecule has 0 spiro atoms. The lowest BCUT2D eigenvalue weighted by Crippen LogP contribution is -2.27. The molecule has 0 N–H and O–H groups in total. The van der Waals surface area contributed by atoms with Gasteiger partial charge in [0.05, 0.1) is 18.5 Å². The molecule has 0 aromatic rings. The van der Waals surface area contributed by atoms with Crippen LogP contribution in [0.4, 0.5) is 0 Å². The van der Waals surface area contributed by atoms with Crippen LogP contribution in [-0.4, -0.2) is 30.4 Å². The Balaban J connectivity index is 3.77. The average Bonchev–Trinajstić information content (AvgIpc) is 2.13. The second-order valence-electron chi connectivity index (χ2n) is 3.22. The number of halogens is 1. The van der Waals surface area contributed by atoms with Gasteiger partial charge in [-0.3, -0.25) is 0 Å². The lowest BCUT2D eigenvalue weighted by molar-refractivity contribution is -0.168. The number of ether oxygens (including phenoxy) is 3. The molecule has 0 heterocycles. The van der Waals surface area contributed by atoms with E-state index in [1.54, 1.807) is 0 Å². The van der Waals surface area contributed by atoms with Crippen LogP contribution in [0, 0.1) is 0 Å². The molecule has 0 bridgehead atoms. The van der Waals surface area contributed by atoms with Crippen molar-refractivity contribution in [3.05, 3.63) is 12.8 Å². The van der Waals surface area contributed by atoms with E-state index in [9.17, 15) is 0 Å². The van der Waals surface area contributed by atoms with Crippen LogP contribution in [0.15, 0.2) is 12.8 Å². The molecule has 0 aromatic carbocycles. The zero-order chi connectivity index (χ0) is 11.0. The number of rotatable bonds is 8. The minimum atomic E-state index is -0.367. The van der Waals surface area contributed by atoms with Crippen molar-refractivity contribution in [2.45, 2.75) is 39.3 Å². The molecule has 0 aromatic heterocycles. The average molecular weight is 267 g/mol. The van der Waals surface area contributed by atoms with E-state index >= 15 is 0 Å². The van der Waals surface area contributed by atoms with Crippen LogP contribution < -0.4 is 0 Å². The van der Waals surface area contributed by atoms with Gasteiger partial charge in [-0.05, 0) is 20.8 Å². The number of alkyl halides is 1. The largest absolute Gasteiger partial charge is 0.471 e. The van der Waals surface area contributed by atoms with Crippen molar-refractivity contribution in [1.29, 1.82) is 0 Å². The molecule has 0 aliphatic heterocycles. The van der Waals surface area contributed by atoms with E-state index in [-0.39, 0.29) is 18.5 Å². The molecule has 14 heavy (non-hydrogen) atoms. The molecule has 4 heteroatoms. The lowest BCUT2D eigenvalue weighted by Gasteiger charge is -2.21. The Morgan fingerprint density at radius 3 is 2.43 bits per heavy atom. The van der Waals surface area contributed by atoms with Crippen molar-refractivity contribution < 1.29 is 14.2 Å². The predicted molar refractivity (Wildman–Crippen MR) is 60.5 cm³/mol. The summed E-state index contributed by atoms with van der Waals surface area (Å²) in [5, 5.41) is 0.801. The molecular weight excluding hydrogens is 248 g/mol. The fraction of sp³-hybridized carbons (Fsp3) is 0.800. The van der Waals surface area contributed by atoms with E-state index in [2.05, 4.69) is 22.5 Å². The van der Waals surface area contributed by atoms with Crippen molar-refractivity contribution in [3.8, 4) is 0 Å². The quantitative estimate of drug-likeness (QED) is 0.384. The third-order valence-electron chi connectivity index (χ3n) is 1.41. The van der Waals surface area contributed by atoms with Gasteiger partial charge in [0.25, 0.3) is 0 Å². The summed E-state index contributed by atoms with van der Waals surface area (Å²) in [7, 11) is 0. The van der Waals surface area contributed by atoms with Gasteiger partial charge in [-0.15, -0.1) is 0 Å². The summed E-state index contributed by atoms with van der Waals surface area (Å²) in [5.41, 5.74) is 0. The number of hydrogen-bond acceptors (Lipinski definition) is 3. The fourth-order valence-electron chi connectivity index (χ4n) is 0.809. The summed E-state index contributed by atoms with van der Waals surface area (Å²) in [5.74, 6) is 0. The van der Waals surface area contributed by atoms with Gasteiger partial charge in [-0.25, -0.2) is 0 Å². The summed E-state index contributed by atoms with van der Waals surface area (Å²) in [6.45, 7) is 9.79. The summed E-state index contributed by atoms with van der Waals surface area (Å²) in [4.78, 5) is 0. The molecule has 0 saturated heterocycles. The third kappa shape index (κ3) is 7.35. The van der Waals surface area contributed by atoms with Gasteiger partial charge in [-0.2, -0.15) is 0 Å². The fourth-order valence-corrected chi connectivity index (χ4v) is 0.996. The highest BCUT2D eigenvalue weighted by Gasteiger charge is 2.12. The summed E-state index contributed by atoms with van der Waals surface area (Å²) in [6.07, 6.45) is 1.27. The SMILES string of the molecule is C=COC(COC(C)CBr)OC(C)C. The molecule has 84 valence electrons. The Hall–Kier alpha value is -0.0600. The van der Waals surface area contributed by atoms with Crippen LogP contribution in [0.25, 0.3) is 0 Å². The summed E-state index contributed by atoms with van der Waals surface area (Å²) in [6, 6.07) is 0. The standard InChI is InChI=1S/C10H19BrO3/c1-5-12-10(14-8(2)3)7-13-9(4)6-11/h5,8-10H,1,6-7H2,2-4H3. The van der Waals surface area contributed by atoms with Gasteiger partial charge in [0.15, 0.2) is 0 Å². The van der Waals surface area contributed by atoms with Gasteiger partial charge >= 0.3 is 0 Å². The second-order valence-corrected chi connectivity index (χ2v) is 3.86. The molecule has 2 atom stereocenters. The summed E-state index contributed by atoms with van der Waals surface area (Å²) >= 11 is 3.33. The third-order valence-corrected chi connectivity index (χ3v) is 2.32. The Bertz CT molecular complexity index is 150. The predicted octanol–water partition coefficient (Wildman–Crippen LogP) is 2.70. The Kier molecular flexibility index (Phi) is 8.23. The second kappa shape index (κ2) is 8.26. The first-order valence-electron chi connectivity index (χ1n) is 4.69. The normalized spacial score (nSPS) is 15.2.